The maximum Gasteiger partial charge on any atom is 0.321 e. The lowest BCUT2D eigenvalue weighted by atomic mass is 10.1. The van der Waals surface area contributed by atoms with Crippen LogP contribution >= 0.6 is 11.3 Å². The third-order valence-electron chi connectivity index (χ3n) is 4.92. The Balaban J connectivity index is 1.40. The molecule has 6 nitrogen and oxygen atoms in total. The number of benzene rings is 2. The first-order chi connectivity index (χ1) is 13.9. The molecule has 1 saturated heterocycles. The number of rotatable bonds is 4. The molecule has 0 atom stereocenters. The Bertz CT molecular complexity index is 970. The Labute approximate surface area is 174 Å². The number of aliphatic hydroxyl groups is 1. The van der Waals surface area contributed by atoms with E-state index >= 15 is 0 Å². The van der Waals surface area contributed by atoms with E-state index in [0.29, 0.717) is 19.6 Å². The van der Waals surface area contributed by atoms with E-state index in [-0.39, 0.29) is 6.03 Å². The molecule has 1 fully saturated rings. The highest BCUT2D eigenvalue weighted by molar-refractivity contribution is 7.21. The number of hydrogen-bond acceptors (Lipinski definition) is 5. The van der Waals surface area contributed by atoms with E-state index in [2.05, 4.69) is 16.3 Å². The summed E-state index contributed by atoms with van der Waals surface area (Å²) in [5, 5.41) is 13.9. The van der Waals surface area contributed by atoms with Crippen molar-refractivity contribution in [3.05, 3.63) is 48.5 Å². The smallest absolute Gasteiger partial charge is 0.321 e. The van der Waals surface area contributed by atoms with Crippen LogP contribution in [0.1, 0.15) is 13.8 Å². The molecule has 0 spiro atoms. The van der Waals surface area contributed by atoms with Crippen molar-refractivity contribution < 1.29 is 9.90 Å². The Morgan fingerprint density at radius 3 is 2.62 bits per heavy atom. The number of para-hydroxylation sites is 1. The van der Waals surface area contributed by atoms with Gasteiger partial charge in [0.15, 0.2) is 0 Å². The molecule has 2 amide bonds. The van der Waals surface area contributed by atoms with Gasteiger partial charge < -0.3 is 15.3 Å². The van der Waals surface area contributed by atoms with Crippen LogP contribution in [0.25, 0.3) is 20.8 Å². The molecule has 0 aliphatic carbocycles. The van der Waals surface area contributed by atoms with Gasteiger partial charge in [-0.15, -0.1) is 11.3 Å². The van der Waals surface area contributed by atoms with Crippen LogP contribution in [0, 0.1) is 0 Å². The van der Waals surface area contributed by atoms with Gasteiger partial charge in [0.05, 0.1) is 15.8 Å². The minimum atomic E-state index is -0.717. The van der Waals surface area contributed by atoms with Gasteiger partial charge in [0.2, 0.25) is 0 Å². The number of nitrogens with zero attached hydrogens (tertiary/aromatic N) is 3. The molecule has 152 valence electrons. The van der Waals surface area contributed by atoms with E-state index < -0.39 is 5.60 Å². The third-order valence-corrected chi connectivity index (χ3v) is 6.01. The molecule has 1 aliphatic rings. The number of fused-ring (bicyclic) bond motifs is 1. The zero-order chi connectivity index (χ0) is 20.4. The topological polar surface area (TPSA) is 68.7 Å². The average molecular weight is 411 g/mol. The summed E-state index contributed by atoms with van der Waals surface area (Å²) in [6.45, 7) is 7.08. The lowest BCUT2D eigenvalue weighted by Crippen LogP contribution is -2.52. The predicted molar refractivity (Wildman–Crippen MR) is 118 cm³/mol. The van der Waals surface area contributed by atoms with Gasteiger partial charge in [-0.3, -0.25) is 4.90 Å². The van der Waals surface area contributed by atoms with Crippen LogP contribution in [0.2, 0.25) is 0 Å². The van der Waals surface area contributed by atoms with E-state index in [1.807, 2.05) is 61.2 Å². The van der Waals surface area contributed by atoms with Crippen LogP contribution in [-0.2, 0) is 0 Å². The maximum atomic E-state index is 12.7. The third kappa shape index (κ3) is 4.93. The molecular formula is C22H26N4O2S. The van der Waals surface area contributed by atoms with Crippen molar-refractivity contribution in [3.63, 3.8) is 0 Å². The predicted octanol–water partition coefficient (Wildman–Crippen LogP) is 3.88. The van der Waals surface area contributed by atoms with Gasteiger partial charge in [0.25, 0.3) is 0 Å². The number of nitrogens with one attached hydrogen (secondary N) is 1. The monoisotopic (exact) mass is 410 g/mol. The normalized spacial score (nSPS) is 15.6. The Morgan fingerprint density at radius 2 is 1.90 bits per heavy atom. The fourth-order valence-electron chi connectivity index (χ4n) is 3.58. The zero-order valence-corrected chi connectivity index (χ0v) is 17.6. The fourth-order valence-corrected chi connectivity index (χ4v) is 4.55. The number of hydrogen-bond donors (Lipinski definition) is 2. The summed E-state index contributed by atoms with van der Waals surface area (Å²) in [7, 11) is 0. The van der Waals surface area contributed by atoms with E-state index in [1.54, 1.807) is 11.3 Å². The molecule has 7 heteroatoms. The molecule has 4 rings (SSSR count). The van der Waals surface area contributed by atoms with Crippen LogP contribution in [-0.4, -0.2) is 64.2 Å². The minimum Gasteiger partial charge on any atom is -0.389 e. The lowest BCUT2D eigenvalue weighted by Gasteiger charge is -2.37. The highest BCUT2D eigenvalue weighted by Crippen LogP contribution is 2.31. The first-order valence-electron chi connectivity index (χ1n) is 9.84. The highest BCUT2D eigenvalue weighted by Gasteiger charge is 2.25. The Morgan fingerprint density at radius 1 is 1.14 bits per heavy atom. The SMILES string of the molecule is CC(C)(O)CN1CCN(C(=O)Nc2cccc(-c3nc4ccccc4s3)c2)CC1. The standard InChI is InChI=1S/C22H26N4O2S/c1-22(2,28)15-25-10-12-26(13-11-25)21(27)23-17-7-5-6-16(14-17)20-24-18-8-3-4-9-19(18)29-20/h3-9,14,28H,10-13,15H2,1-2H3,(H,23,27). The molecule has 29 heavy (non-hydrogen) atoms. The summed E-state index contributed by atoms with van der Waals surface area (Å²) < 4.78 is 1.15. The molecule has 0 unspecified atom stereocenters. The number of thiazole rings is 1. The molecular weight excluding hydrogens is 384 g/mol. The fraction of sp³-hybridized carbons (Fsp3) is 0.364. The van der Waals surface area contributed by atoms with Gasteiger partial charge in [-0.25, -0.2) is 9.78 Å². The number of anilines is 1. The van der Waals surface area contributed by atoms with Gasteiger partial charge in [-0.05, 0) is 38.1 Å². The van der Waals surface area contributed by atoms with Gasteiger partial charge in [-0.1, -0.05) is 24.3 Å². The van der Waals surface area contributed by atoms with Crippen molar-refractivity contribution in [2.45, 2.75) is 19.4 Å². The quantitative estimate of drug-likeness (QED) is 0.685. The summed E-state index contributed by atoms with van der Waals surface area (Å²) in [5.74, 6) is 0. The van der Waals surface area contributed by atoms with Crippen LogP contribution in [0.3, 0.4) is 0 Å². The maximum absolute atomic E-state index is 12.7. The first-order valence-corrected chi connectivity index (χ1v) is 10.7. The molecule has 1 aromatic heterocycles. The lowest BCUT2D eigenvalue weighted by molar-refractivity contribution is 0.0231. The van der Waals surface area contributed by atoms with Crippen LogP contribution in [0.4, 0.5) is 10.5 Å². The Kier molecular flexibility index (Phi) is 5.54. The van der Waals surface area contributed by atoms with Crippen molar-refractivity contribution in [3.8, 4) is 10.6 Å². The second kappa shape index (κ2) is 8.10. The van der Waals surface area contributed by atoms with Crippen molar-refractivity contribution in [2.24, 2.45) is 0 Å². The number of β-amino-alcohol motifs (C(OH)–C–C–N with tert-alkyl or cyclic N) is 1. The molecule has 2 aromatic carbocycles. The molecule has 3 aromatic rings. The molecule has 0 radical (unpaired) electrons. The van der Waals surface area contributed by atoms with Crippen molar-refractivity contribution in [1.29, 1.82) is 0 Å². The number of carbonyl (C=O) groups is 1. The summed E-state index contributed by atoms with van der Waals surface area (Å²) in [4.78, 5) is 21.4. The van der Waals surface area contributed by atoms with Crippen LogP contribution in [0.5, 0.6) is 0 Å². The number of piperazine rings is 1. The summed E-state index contributed by atoms with van der Waals surface area (Å²) in [5.41, 5.74) is 2.04. The number of carbonyl (C=O) groups excluding carboxylic acids is 1. The van der Waals surface area contributed by atoms with Crippen molar-refractivity contribution >= 4 is 33.3 Å². The van der Waals surface area contributed by atoms with Crippen molar-refractivity contribution in [2.75, 3.05) is 38.0 Å². The largest absolute Gasteiger partial charge is 0.389 e. The first kappa shape index (κ1) is 19.8. The van der Waals surface area contributed by atoms with Crippen molar-refractivity contribution in [1.82, 2.24) is 14.8 Å². The zero-order valence-electron chi connectivity index (χ0n) is 16.8. The second-order valence-electron chi connectivity index (χ2n) is 8.07. The molecule has 2 heterocycles. The number of urea groups is 1. The molecule has 1 aliphatic heterocycles. The van der Waals surface area contributed by atoms with Crippen LogP contribution in [0.15, 0.2) is 48.5 Å². The van der Waals surface area contributed by atoms with E-state index in [9.17, 15) is 9.90 Å². The molecule has 2 N–H and O–H groups in total. The van der Waals surface area contributed by atoms with Crippen LogP contribution < -0.4 is 5.32 Å². The molecule has 0 saturated carbocycles. The highest BCUT2D eigenvalue weighted by atomic mass is 32.1. The summed E-state index contributed by atoms with van der Waals surface area (Å²) in [6.07, 6.45) is 0. The number of aromatic nitrogens is 1. The number of amides is 2. The van der Waals surface area contributed by atoms with E-state index in [1.165, 1.54) is 0 Å². The summed E-state index contributed by atoms with van der Waals surface area (Å²) >= 11 is 1.65. The van der Waals surface area contributed by atoms with Gasteiger partial charge in [0.1, 0.15) is 5.01 Å². The Hall–Kier alpha value is -2.48. The average Bonchev–Trinajstić information content (AvgIpc) is 3.12. The van der Waals surface area contributed by atoms with Gasteiger partial charge in [-0.2, -0.15) is 0 Å². The van der Waals surface area contributed by atoms with Gasteiger partial charge in [0, 0.05) is 44.0 Å². The molecule has 0 bridgehead atoms. The van der Waals surface area contributed by atoms with E-state index in [0.717, 1.165) is 39.6 Å². The second-order valence-corrected chi connectivity index (χ2v) is 9.10. The van der Waals surface area contributed by atoms with E-state index in [4.69, 9.17) is 4.98 Å². The van der Waals surface area contributed by atoms with Gasteiger partial charge >= 0.3 is 6.03 Å². The summed E-state index contributed by atoms with van der Waals surface area (Å²) in [6, 6.07) is 15.8. The minimum absolute atomic E-state index is 0.0886.